The highest BCUT2D eigenvalue weighted by Gasteiger charge is 2.24. The Bertz CT molecular complexity index is 1260. The second-order valence-corrected chi connectivity index (χ2v) is 8.66. The van der Waals surface area contributed by atoms with Crippen LogP contribution in [-0.2, 0) is 6.54 Å². The van der Waals surface area contributed by atoms with Crippen molar-refractivity contribution in [3.05, 3.63) is 77.5 Å². The lowest BCUT2D eigenvalue weighted by molar-refractivity contribution is 0.0910. The second-order valence-electron chi connectivity index (χ2n) is 8.66. The summed E-state index contributed by atoms with van der Waals surface area (Å²) < 4.78 is 0. The van der Waals surface area contributed by atoms with Crippen molar-refractivity contribution in [2.75, 3.05) is 13.1 Å². The maximum absolute atomic E-state index is 13.4. The summed E-state index contributed by atoms with van der Waals surface area (Å²) in [6, 6.07) is 19.2. The molecule has 0 spiro atoms. The van der Waals surface area contributed by atoms with Gasteiger partial charge in [0.1, 0.15) is 5.75 Å². The Morgan fingerprint density at radius 1 is 1.12 bits per heavy atom. The smallest absolute Gasteiger partial charge is 0.252 e. The number of hydrogen-bond acceptors (Lipinski definition) is 5. The predicted octanol–water partition coefficient (Wildman–Crippen LogP) is 4.03. The SMILES string of the molecule is Cc1[nH]nc2nc(-c3ccc(O)cc3)cc(C(=O)NC3CCN(Cc4ccccc4)CC3)c12. The van der Waals surface area contributed by atoms with Gasteiger partial charge >= 0.3 is 0 Å². The van der Waals surface area contributed by atoms with E-state index in [0.717, 1.165) is 49.1 Å². The van der Waals surface area contributed by atoms with Crippen LogP contribution >= 0.6 is 0 Å². The molecule has 0 saturated carbocycles. The first-order valence-corrected chi connectivity index (χ1v) is 11.3. The molecule has 33 heavy (non-hydrogen) atoms. The van der Waals surface area contributed by atoms with Crippen molar-refractivity contribution < 1.29 is 9.90 Å². The molecular formula is C26H27N5O2. The fraction of sp³-hybridized carbons (Fsp3) is 0.269. The van der Waals surface area contributed by atoms with Crippen LogP contribution in [0.4, 0.5) is 0 Å². The van der Waals surface area contributed by atoms with Crippen LogP contribution in [0.25, 0.3) is 22.3 Å². The largest absolute Gasteiger partial charge is 0.508 e. The van der Waals surface area contributed by atoms with Gasteiger partial charge in [0.2, 0.25) is 0 Å². The molecule has 1 aliphatic rings. The lowest BCUT2D eigenvalue weighted by atomic mass is 10.0. The van der Waals surface area contributed by atoms with Crippen molar-refractivity contribution in [3.63, 3.8) is 0 Å². The van der Waals surface area contributed by atoms with E-state index in [-0.39, 0.29) is 17.7 Å². The molecule has 0 unspecified atom stereocenters. The standard InChI is InChI=1S/C26H27N5O2/c1-17-24-22(15-23(28-25(24)30-29-17)19-7-9-21(32)10-8-19)26(33)27-20-11-13-31(14-12-20)16-18-5-3-2-4-6-18/h2-10,15,20,32H,11-14,16H2,1H3,(H,27,33)(H,28,29,30). The number of aromatic amines is 1. The van der Waals surface area contributed by atoms with Gasteiger partial charge < -0.3 is 10.4 Å². The molecule has 1 saturated heterocycles. The summed E-state index contributed by atoms with van der Waals surface area (Å²) >= 11 is 0. The summed E-state index contributed by atoms with van der Waals surface area (Å²) in [7, 11) is 0. The van der Waals surface area contributed by atoms with E-state index in [9.17, 15) is 9.90 Å². The first-order chi connectivity index (χ1) is 16.1. The first kappa shape index (κ1) is 21.2. The Morgan fingerprint density at radius 3 is 2.58 bits per heavy atom. The molecule has 0 atom stereocenters. The van der Waals surface area contributed by atoms with Crippen LogP contribution < -0.4 is 5.32 Å². The third-order valence-electron chi connectivity index (χ3n) is 6.28. The number of carbonyl (C=O) groups is 1. The normalized spacial score (nSPS) is 15.1. The highest BCUT2D eigenvalue weighted by Crippen LogP contribution is 2.27. The van der Waals surface area contributed by atoms with E-state index in [4.69, 9.17) is 0 Å². The van der Waals surface area contributed by atoms with Gasteiger partial charge in [0, 0.05) is 36.9 Å². The third kappa shape index (κ3) is 4.59. The lowest BCUT2D eigenvalue weighted by Crippen LogP contribution is -2.44. The Balaban J connectivity index is 1.32. The zero-order valence-electron chi connectivity index (χ0n) is 18.6. The minimum absolute atomic E-state index is 0.103. The van der Waals surface area contributed by atoms with Crippen LogP contribution in [0.2, 0.25) is 0 Å². The van der Waals surface area contributed by atoms with Crippen molar-refractivity contribution in [1.82, 2.24) is 25.4 Å². The summed E-state index contributed by atoms with van der Waals surface area (Å²) in [6.45, 7) is 4.75. The molecule has 168 valence electrons. The average molecular weight is 442 g/mol. The van der Waals surface area contributed by atoms with Crippen LogP contribution in [-0.4, -0.2) is 50.2 Å². The molecule has 7 nitrogen and oxygen atoms in total. The number of fused-ring (bicyclic) bond motifs is 1. The second kappa shape index (κ2) is 9.03. The van der Waals surface area contributed by atoms with E-state index in [1.165, 1.54) is 5.56 Å². The number of aryl methyl sites for hydroxylation is 1. The number of aromatic nitrogens is 3. The fourth-order valence-electron chi connectivity index (χ4n) is 4.47. The molecule has 3 N–H and O–H groups in total. The number of nitrogens with one attached hydrogen (secondary N) is 2. The van der Waals surface area contributed by atoms with Crippen LogP contribution in [0.1, 0.15) is 34.5 Å². The van der Waals surface area contributed by atoms with Gasteiger partial charge in [-0.15, -0.1) is 0 Å². The van der Waals surface area contributed by atoms with E-state index in [2.05, 4.69) is 49.7 Å². The van der Waals surface area contributed by atoms with Crippen molar-refractivity contribution in [2.24, 2.45) is 0 Å². The summed E-state index contributed by atoms with van der Waals surface area (Å²) in [5, 5.41) is 20.8. The zero-order chi connectivity index (χ0) is 22.8. The molecule has 2 aromatic heterocycles. The van der Waals surface area contributed by atoms with Gasteiger partial charge in [-0.2, -0.15) is 5.10 Å². The monoisotopic (exact) mass is 441 g/mol. The number of rotatable bonds is 5. The number of pyridine rings is 1. The molecule has 2 aromatic carbocycles. The predicted molar refractivity (Wildman–Crippen MR) is 128 cm³/mol. The molecule has 7 heteroatoms. The number of H-pyrrole nitrogens is 1. The van der Waals surface area contributed by atoms with Crippen LogP contribution in [0, 0.1) is 6.92 Å². The van der Waals surface area contributed by atoms with E-state index in [1.807, 2.05) is 19.1 Å². The zero-order valence-corrected chi connectivity index (χ0v) is 18.6. The van der Waals surface area contributed by atoms with Gasteiger partial charge in [-0.25, -0.2) is 4.98 Å². The van der Waals surface area contributed by atoms with Crippen LogP contribution in [0.5, 0.6) is 5.75 Å². The number of phenols is 1. The van der Waals surface area contributed by atoms with E-state index < -0.39 is 0 Å². The number of carbonyl (C=O) groups excluding carboxylic acids is 1. The van der Waals surface area contributed by atoms with E-state index in [1.54, 1.807) is 24.3 Å². The Hall–Kier alpha value is -3.71. The van der Waals surface area contributed by atoms with Gasteiger partial charge in [-0.1, -0.05) is 30.3 Å². The molecule has 0 aliphatic carbocycles. The van der Waals surface area contributed by atoms with Crippen LogP contribution in [0.15, 0.2) is 60.7 Å². The molecule has 3 heterocycles. The third-order valence-corrected chi connectivity index (χ3v) is 6.28. The number of benzene rings is 2. The molecule has 5 rings (SSSR count). The fourth-order valence-corrected chi connectivity index (χ4v) is 4.47. The Labute approximate surface area is 192 Å². The van der Waals surface area contributed by atoms with Crippen molar-refractivity contribution in [1.29, 1.82) is 0 Å². The highest BCUT2D eigenvalue weighted by molar-refractivity contribution is 6.07. The molecule has 1 aliphatic heterocycles. The van der Waals surface area contributed by atoms with Gasteiger partial charge in [0.25, 0.3) is 5.91 Å². The minimum atomic E-state index is -0.103. The number of phenolic OH excluding ortho intramolecular Hbond substituents is 1. The van der Waals surface area contributed by atoms with Crippen molar-refractivity contribution in [2.45, 2.75) is 32.4 Å². The molecule has 0 radical (unpaired) electrons. The first-order valence-electron chi connectivity index (χ1n) is 11.3. The molecule has 1 amide bonds. The summed E-state index contributed by atoms with van der Waals surface area (Å²) in [6.07, 6.45) is 1.84. The maximum Gasteiger partial charge on any atom is 0.252 e. The lowest BCUT2D eigenvalue weighted by Gasteiger charge is -2.32. The molecule has 4 aromatic rings. The minimum Gasteiger partial charge on any atom is -0.508 e. The molecular weight excluding hydrogens is 414 g/mol. The van der Waals surface area contributed by atoms with Gasteiger partial charge in [0.15, 0.2) is 5.65 Å². The molecule has 1 fully saturated rings. The maximum atomic E-state index is 13.4. The summed E-state index contributed by atoms with van der Waals surface area (Å²) in [5.41, 5.74) is 4.69. The number of likely N-dealkylation sites (tertiary alicyclic amines) is 1. The topological polar surface area (TPSA) is 94.1 Å². The Kier molecular flexibility index (Phi) is 5.79. The van der Waals surface area contributed by atoms with E-state index >= 15 is 0 Å². The van der Waals surface area contributed by atoms with Crippen LogP contribution in [0.3, 0.4) is 0 Å². The van der Waals surface area contributed by atoms with Gasteiger partial charge in [-0.3, -0.25) is 14.8 Å². The Morgan fingerprint density at radius 2 is 1.85 bits per heavy atom. The van der Waals surface area contributed by atoms with Crippen molar-refractivity contribution >= 4 is 16.9 Å². The number of amides is 1. The number of hydrogen-bond donors (Lipinski definition) is 3. The quantitative estimate of drug-likeness (QED) is 0.435. The number of nitrogens with zero attached hydrogens (tertiary/aromatic N) is 3. The molecule has 0 bridgehead atoms. The van der Waals surface area contributed by atoms with Gasteiger partial charge in [-0.05, 0) is 55.7 Å². The average Bonchev–Trinajstić information content (AvgIpc) is 3.21. The number of aromatic hydroxyl groups is 1. The van der Waals surface area contributed by atoms with Crippen molar-refractivity contribution in [3.8, 4) is 17.0 Å². The highest BCUT2D eigenvalue weighted by atomic mass is 16.3. The van der Waals surface area contributed by atoms with E-state index in [0.29, 0.717) is 16.9 Å². The summed E-state index contributed by atoms with van der Waals surface area (Å²) in [5.74, 6) is 0.0838. The van der Waals surface area contributed by atoms with Gasteiger partial charge in [0.05, 0.1) is 16.6 Å². The number of piperidine rings is 1. The summed E-state index contributed by atoms with van der Waals surface area (Å²) in [4.78, 5) is 20.4.